The molecular formula is C26H26BrN3O3. The van der Waals surface area contributed by atoms with Crippen molar-refractivity contribution in [1.82, 2.24) is 4.57 Å². The molecule has 1 amide bonds. The number of fused-ring (bicyclic) bond motifs is 2. The van der Waals surface area contributed by atoms with Crippen molar-refractivity contribution in [3.8, 4) is 11.6 Å². The number of rotatable bonds is 7. The van der Waals surface area contributed by atoms with Crippen molar-refractivity contribution in [2.24, 2.45) is 16.1 Å². The molecule has 6 nitrogen and oxygen atoms in total. The van der Waals surface area contributed by atoms with Gasteiger partial charge in [0.2, 0.25) is 5.88 Å². The van der Waals surface area contributed by atoms with E-state index in [1.54, 1.807) is 0 Å². The number of hydrogen-bond acceptors (Lipinski definition) is 4. The Bertz CT molecular complexity index is 1360. The zero-order chi connectivity index (χ0) is 23.5. The molecule has 0 aliphatic rings. The number of nitrogens with zero attached hydrogens (tertiary/aromatic N) is 3. The van der Waals surface area contributed by atoms with Gasteiger partial charge >= 0.3 is 5.91 Å². The Morgan fingerprint density at radius 2 is 1.85 bits per heavy atom. The summed E-state index contributed by atoms with van der Waals surface area (Å²) < 4.78 is 8.45. The standard InChI is InChI=1S/C26H26BrN3O3/c1-16(2)10-11-30-23-9-4-17(3)12-22(23)25(26(30)32)29-28-24(31)15-33-21-8-6-18-13-20(27)7-5-19(18)14-21/h4-9,12-14,16,32H,10-11,15H2,1-3H3. The molecule has 1 aromatic heterocycles. The van der Waals surface area contributed by atoms with Crippen molar-refractivity contribution in [1.29, 1.82) is 0 Å². The summed E-state index contributed by atoms with van der Waals surface area (Å²) >= 11 is 3.46. The molecule has 0 fully saturated rings. The third-order valence-electron chi connectivity index (χ3n) is 5.49. The van der Waals surface area contributed by atoms with Gasteiger partial charge in [0.15, 0.2) is 12.3 Å². The number of halogens is 1. The van der Waals surface area contributed by atoms with Gasteiger partial charge in [0.25, 0.3) is 0 Å². The fourth-order valence-electron chi connectivity index (χ4n) is 3.71. The number of aryl methyl sites for hydroxylation is 2. The molecule has 0 aliphatic heterocycles. The maximum atomic E-state index is 12.4. The van der Waals surface area contributed by atoms with Crippen LogP contribution >= 0.6 is 15.9 Å². The first kappa shape index (κ1) is 23.0. The Labute approximate surface area is 201 Å². The molecule has 0 saturated heterocycles. The molecule has 0 atom stereocenters. The molecule has 3 aromatic carbocycles. The van der Waals surface area contributed by atoms with Gasteiger partial charge < -0.3 is 14.4 Å². The highest BCUT2D eigenvalue weighted by molar-refractivity contribution is 9.10. The predicted octanol–water partition coefficient (Wildman–Crippen LogP) is 7.31. The summed E-state index contributed by atoms with van der Waals surface area (Å²) in [5.41, 5.74) is 2.22. The summed E-state index contributed by atoms with van der Waals surface area (Å²) in [4.78, 5) is 12.4. The van der Waals surface area contributed by atoms with Crippen LogP contribution in [0.4, 0.5) is 5.69 Å². The molecule has 0 bridgehead atoms. The smallest absolute Gasteiger partial charge is 0.302 e. The molecule has 0 radical (unpaired) electrons. The Morgan fingerprint density at radius 3 is 2.64 bits per heavy atom. The Balaban J connectivity index is 1.51. The Kier molecular flexibility index (Phi) is 6.79. The largest absolute Gasteiger partial charge is 0.493 e. The third-order valence-corrected chi connectivity index (χ3v) is 5.99. The minimum absolute atomic E-state index is 0.0226. The first-order chi connectivity index (χ1) is 15.8. The maximum Gasteiger partial charge on any atom is 0.302 e. The lowest BCUT2D eigenvalue weighted by Gasteiger charge is -2.09. The van der Waals surface area contributed by atoms with E-state index in [4.69, 9.17) is 4.74 Å². The average molecular weight is 508 g/mol. The molecule has 33 heavy (non-hydrogen) atoms. The monoisotopic (exact) mass is 507 g/mol. The molecule has 1 heterocycles. The van der Waals surface area contributed by atoms with E-state index in [2.05, 4.69) is 40.0 Å². The summed E-state index contributed by atoms with van der Waals surface area (Å²) in [5.74, 6) is 0.570. The van der Waals surface area contributed by atoms with Gasteiger partial charge in [-0.25, -0.2) is 0 Å². The zero-order valence-electron chi connectivity index (χ0n) is 18.9. The van der Waals surface area contributed by atoms with Crippen LogP contribution in [0, 0.1) is 12.8 Å². The number of carbonyl (C=O) groups is 1. The topological polar surface area (TPSA) is 76.2 Å². The minimum atomic E-state index is -0.527. The zero-order valence-corrected chi connectivity index (χ0v) is 20.5. The van der Waals surface area contributed by atoms with Crippen LogP contribution in [0.15, 0.2) is 69.3 Å². The van der Waals surface area contributed by atoms with E-state index < -0.39 is 5.91 Å². The number of amides is 1. The van der Waals surface area contributed by atoms with Gasteiger partial charge in [0.05, 0.1) is 5.52 Å². The Morgan fingerprint density at radius 1 is 1.09 bits per heavy atom. The normalized spacial score (nSPS) is 11.8. The number of aromatic nitrogens is 1. The SMILES string of the molecule is Cc1ccc2c(c1)c(N=NC(=O)COc1ccc3cc(Br)ccc3c1)c(O)n2CCC(C)C. The van der Waals surface area contributed by atoms with Gasteiger partial charge in [-0.2, -0.15) is 0 Å². The average Bonchev–Trinajstić information content (AvgIpc) is 3.04. The van der Waals surface area contributed by atoms with E-state index in [1.165, 1.54) is 0 Å². The fourth-order valence-corrected chi connectivity index (χ4v) is 4.09. The molecule has 170 valence electrons. The van der Waals surface area contributed by atoms with Crippen molar-refractivity contribution < 1.29 is 14.6 Å². The van der Waals surface area contributed by atoms with Gasteiger partial charge in [-0.15, -0.1) is 10.2 Å². The number of hydrogen-bond donors (Lipinski definition) is 1. The Hall–Kier alpha value is -3.19. The fraction of sp³-hybridized carbons (Fsp3) is 0.269. The van der Waals surface area contributed by atoms with Crippen LogP contribution in [0.3, 0.4) is 0 Å². The van der Waals surface area contributed by atoms with E-state index in [1.807, 2.05) is 66.1 Å². The van der Waals surface area contributed by atoms with Gasteiger partial charge in [0, 0.05) is 16.4 Å². The summed E-state index contributed by atoms with van der Waals surface area (Å²) in [6, 6.07) is 17.5. The second-order valence-corrected chi connectivity index (χ2v) is 9.48. The lowest BCUT2D eigenvalue weighted by atomic mass is 10.1. The molecule has 0 unspecified atom stereocenters. The highest BCUT2D eigenvalue weighted by Crippen LogP contribution is 2.39. The molecule has 0 aliphatic carbocycles. The van der Waals surface area contributed by atoms with Crippen LogP contribution in [0.1, 0.15) is 25.8 Å². The van der Waals surface area contributed by atoms with Crippen molar-refractivity contribution in [2.75, 3.05) is 6.61 Å². The van der Waals surface area contributed by atoms with Crippen LogP contribution in [-0.2, 0) is 11.3 Å². The maximum absolute atomic E-state index is 12.4. The number of azo groups is 1. The number of aromatic hydroxyl groups is 1. The van der Waals surface area contributed by atoms with Crippen LogP contribution in [0.25, 0.3) is 21.7 Å². The summed E-state index contributed by atoms with van der Waals surface area (Å²) in [6.45, 7) is 6.68. The molecule has 4 aromatic rings. The first-order valence-electron chi connectivity index (χ1n) is 10.9. The van der Waals surface area contributed by atoms with E-state index >= 15 is 0 Å². The van der Waals surface area contributed by atoms with Crippen LogP contribution in [-0.4, -0.2) is 22.2 Å². The van der Waals surface area contributed by atoms with Crippen LogP contribution in [0.2, 0.25) is 0 Å². The molecule has 0 spiro atoms. The molecule has 1 N–H and O–H groups in total. The van der Waals surface area contributed by atoms with Crippen molar-refractivity contribution in [2.45, 2.75) is 33.7 Å². The van der Waals surface area contributed by atoms with Gasteiger partial charge in [-0.3, -0.25) is 4.79 Å². The number of ether oxygens (including phenoxy) is 1. The second-order valence-electron chi connectivity index (χ2n) is 8.56. The minimum Gasteiger partial charge on any atom is -0.493 e. The number of carbonyl (C=O) groups excluding carboxylic acids is 1. The molecular weight excluding hydrogens is 482 g/mol. The quantitative estimate of drug-likeness (QED) is 0.266. The molecule has 7 heteroatoms. The van der Waals surface area contributed by atoms with Crippen LogP contribution < -0.4 is 4.74 Å². The van der Waals surface area contributed by atoms with Crippen molar-refractivity contribution >= 4 is 49.2 Å². The van der Waals surface area contributed by atoms with E-state index in [9.17, 15) is 9.90 Å². The summed E-state index contributed by atoms with van der Waals surface area (Å²) in [6.07, 6.45) is 0.914. The predicted molar refractivity (Wildman–Crippen MR) is 134 cm³/mol. The summed E-state index contributed by atoms with van der Waals surface area (Å²) in [5, 5.41) is 21.6. The lowest BCUT2D eigenvalue weighted by molar-refractivity contribution is -0.120. The van der Waals surface area contributed by atoms with Gasteiger partial charge in [0.1, 0.15) is 5.75 Å². The first-order valence-corrected chi connectivity index (χ1v) is 11.7. The molecule has 0 saturated carbocycles. The van der Waals surface area contributed by atoms with Crippen molar-refractivity contribution in [3.05, 3.63) is 64.6 Å². The molecule has 4 rings (SSSR count). The second kappa shape index (κ2) is 9.75. The van der Waals surface area contributed by atoms with Crippen molar-refractivity contribution in [3.63, 3.8) is 0 Å². The third kappa shape index (κ3) is 5.25. The number of benzene rings is 3. The lowest BCUT2D eigenvalue weighted by Crippen LogP contribution is -2.07. The van der Waals surface area contributed by atoms with E-state index in [0.717, 1.165) is 38.1 Å². The van der Waals surface area contributed by atoms with Gasteiger partial charge in [-0.1, -0.05) is 53.5 Å². The van der Waals surface area contributed by atoms with Crippen LogP contribution in [0.5, 0.6) is 11.6 Å². The highest BCUT2D eigenvalue weighted by Gasteiger charge is 2.17. The van der Waals surface area contributed by atoms with E-state index in [0.29, 0.717) is 23.9 Å². The van der Waals surface area contributed by atoms with E-state index in [-0.39, 0.29) is 12.5 Å². The summed E-state index contributed by atoms with van der Waals surface area (Å²) in [7, 11) is 0. The van der Waals surface area contributed by atoms with Gasteiger partial charge in [-0.05, 0) is 66.4 Å². The highest BCUT2D eigenvalue weighted by atomic mass is 79.9.